The smallest absolute Gasteiger partial charge is 0.243 e. The highest BCUT2D eigenvalue weighted by molar-refractivity contribution is 5.98. The molecule has 3 heteroatoms. The van der Waals surface area contributed by atoms with Crippen molar-refractivity contribution in [3.63, 3.8) is 0 Å². The maximum absolute atomic E-state index is 13.2. The normalized spacial score (nSPS) is 14.2. The highest BCUT2D eigenvalue weighted by Crippen LogP contribution is 2.29. The zero-order chi connectivity index (χ0) is 18.6. The lowest BCUT2D eigenvalue weighted by Crippen LogP contribution is -2.45. The molecule has 3 aromatic rings. The SMILES string of the molecule is CC(NC(c1ccccc1)c1ccccc1)C(=O)N1CCc2ccccc21. The molecule has 1 atom stereocenters. The summed E-state index contributed by atoms with van der Waals surface area (Å²) in [4.78, 5) is 15.1. The Balaban J connectivity index is 1.57. The Kier molecular flexibility index (Phi) is 5.03. The number of anilines is 1. The average Bonchev–Trinajstić information content (AvgIpc) is 3.16. The van der Waals surface area contributed by atoms with E-state index in [1.165, 1.54) is 5.56 Å². The van der Waals surface area contributed by atoms with E-state index in [2.05, 4.69) is 35.6 Å². The van der Waals surface area contributed by atoms with Crippen LogP contribution in [0.1, 0.15) is 29.7 Å². The fourth-order valence-electron chi connectivity index (χ4n) is 3.80. The Hall–Kier alpha value is -2.91. The van der Waals surface area contributed by atoms with Crippen molar-refractivity contribution in [1.29, 1.82) is 0 Å². The van der Waals surface area contributed by atoms with Crippen molar-refractivity contribution >= 4 is 11.6 Å². The lowest BCUT2D eigenvalue weighted by atomic mass is 9.98. The van der Waals surface area contributed by atoms with E-state index < -0.39 is 0 Å². The minimum Gasteiger partial charge on any atom is -0.310 e. The molecule has 4 rings (SSSR count). The summed E-state index contributed by atoms with van der Waals surface area (Å²) in [6.45, 7) is 2.72. The molecule has 3 nitrogen and oxygen atoms in total. The molecule has 1 N–H and O–H groups in total. The molecule has 1 heterocycles. The Morgan fingerprint density at radius 3 is 2.04 bits per heavy atom. The van der Waals surface area contributed by atoms with E-state index in [1.807, 2.05) is 66.4 Å². The number of rotatable bonds is 5. The van der Waals surface area contributed by atoms with Gasteiger partial charge in [0.05, 0.1) is 12.1 Å². The minimum atomic E-state index is -0.290. The van der Waals surface area contributed by atoms with Crippen molar-refractivity contribution in [3.8, 4) is 0 Å². The first-order valence-corrected chi connectivity index (χ1v) is 9.49. The van der Waals surface area contributed by atoms with Gasteiger partial charge in [-0.05, 0) is 36.1 Å². The number of nitrogens with zero attached hydrogens (tertiary/aromatic N) is 1. The predicted octanol–water partition coefficient (Wildman–Crippen LogP) is 4.34. The molecule has 0 saturated carbocycles. The van der Waals surface area contributed by atoms with Gasteiger partial charge >= 0.3 is 0 Å². The number of carbonyl (C=O) groups excluding carboxylic acids is 1. The van der Waals surface area contributed by atoms with Crippen LogP contribution < -0.4 is 10.2 Å². The van der Waals surface area contributed by atoms with Gasteiger partial charge in [0.1, 0.15) is 0 Å². The van der Waals surface area contributed by atoms with Crippen LogP contribution in [-0.4, -0.2) is 18.5 Å². The fraction of sp³-hybridized carbons (Fsp3) is 0.208. The van der Waals surface area contributed by atoms with Crippen LogP contribution in [0.2, 0.25) is 0 Å². The molecule has 1 amide bonds. The molecule has 0 aromatic heterocycles. The van der Waals surface area contributed by atoms with Crippen molar-refractivity contribution in [2.45, 2.75) is 25.4 Å². The van der Waals surface area contributed by atoms with Crippen molar-refractivity contribution in [2.75, 3.05) is 11.4 Å². The van der Waals surface area contributed by atoms with Crippen LogP contribution in [0.4, 0.5) is 5.69 Å². The van der Waals surface area contributed by atoms with Gasteiger partial charge in [0, 0.05) is 12.2 Å². The lowest BCUT2D eigenvalue weighted by molar-refractivity contribution is -0.120. The van der Waals surface area contributed by atoms with Gasteiger partial charge in [0.25, 0.3) is 0 Å². The quantitative estimate of drug-likeness (QED) is 0.737. The number of carbonyl (C=O) groups is 1. The fourth-order valence-corrected chi connectivity index (χ4v) is 3.80. The number of hydrogen-bond acceptors (Lipinski definition) is 2. The Labute approximate surface area is 160 Å². The second kappa shape index (κ2) is 7.77. The van der Waals surface area contributed by atoms with E-state index in [0.717, 1.165) is 29.8 Å². The predicted molar refractivity (Wildman–Crippen MR) is 110 cm³/mol. The Bertz CT molecular complexity index is 868. The highest BCUT2D eigenvalue weighted by Gasteiger charge is 2.29. The molecule has 27 heavy (non-hydrogen) atoms. The van der Waals surface area contributed by atoms with Gasteiger partial charge in [0.15, 0.2) is 0 Å². The molecule has 1 aliphatic rings. The van der Waals surface area contributed by atoms with Crippen molar-refractivity contribution < 1.29 is 4.79 Å². The highest BCUT2D eigenvalue weighted by atomic mass is 16.2. The molecule has 0 saturated heterocycles. The van der Waals surface area contributed by atoms with Crippen LogP contribution in [0.5, 0.6) is 0 Å². The first kappa shape index (κ1) is 17.5. The third kappa shape index (κ3) is 3.64. The van der Waals surface area contributed by atoms with E-state index in [4.69, 9.17) is 0 Å². The van der Waals surface area contributed by atoms with Crippen LogP contribution in [0, 0.1) is 0 Å². The number of para-hydroxylation sites is 1. The second-order valence-electron chi connectivity index (χ2n) is 7.01. The van der Waals surface area contributed by atoms with E-state index in [1.54, 1.807) is 0 Å². The summed E-state index contributed by atoms with van der Waals surface area (Å²) in [5, 5.41) is 3.57. The van der Waals surface area contributed by atoms with Gasteiger partial charge in [-0.1, -0.05) is 78.9 Å². The summed E-state index contributed by atoms with van der Waals surface area (Å²) in [6, 6.07) is 28.5. The molecular weight excluding hydrogens is 332 g/mol. The summed E-state index contributed by atoms with van der Waals surface area (Å²) in [7, 11) is 0. The summed E-state index contributed by atoms with van der Waals surface area (Å²) < 4.78 is 0. The topological polar surface area (TPSA) is 32.3 Å². The third-order valence-corrected chi connectivity index (χ3v) is 5.21. The minimum absolute atomic E-state index is 0.0239. The lowest BCUT2D eigenvalue weighted by Gasteiger charge is -2.27. The van der Waals surface area contributed by atoms with E-state index in [9.17, 15) is 4.79 Å². The summed E-state index contributed by atoms with van der Waals surface area (Å²) in [5.41, 5.74) is 4.61. The number of fused-ring (bicyclic) bond motifs is 1. The molecule has 0 fully saturated rings. The van der Waals surface area contributed by atoms with Crippen LogP contribution in [0.25, 0.3) is 0 Å². The molecule has 0 aliphatic carbocycles. The number of hydrogen-bond donors (Lipinski definition) is 1. The monoisotopic (exact) mass is 356 g/mol. The van der Waals surface area contributed by atoms with Crippen LogP contribution in [0.3, 0.4) is 0 Å². The zero-order valence-electron chi connectivity index (χ0n) is 15.5. The molecular formula is C24H24N2O. The number of benzene rings is 3. The third-order valence-electron chi connectivity index (χ3n) is 5.21. The van der Waals surface area contributed by atoms with Crippen LogP contribution >= 0.6 is 0 Å². The maximum atomic E-state index is 13.2. The van der Waals surface area contributed by atoms with Gasteiger partial charge in [-0.3, -0.25) is 10.1 Å². The van der Waals surface area contributed by atoms with E-state index in [0.29, 0.717) is 0 Å². The molecule has 0 bridgehead atoms. The molecule has 0 spiro atoms. The first-order valence-electron chi connectivity index (χ1n) is 9.49. The Morgan fingerprint density at radius 2 is 1.41 bits per heavy atom. The zero-order valence-corrected chi connectivity index (χ0v) is 15.5. The molecule has 1 aliphatic heterocycles. The summed E-state index contributed by atoms with van der Waals surface area (Å²) in [5.74, 6) is 0.122. The van der Waals surface area contributed by atoms with Crippen molar-refractivity contribution in [2.24, 2.45) is 0 Å². The van der Waals surface area contributed by atoms with Crippen molar-refractivity contribution in [3.05, 3.63) is 102 Å². The van der Waals surface area contributed by atoms with E-state index in [-0.39, 0.29) is 18.0 Å². The number of amides is 1. The Morgan fingerprint density at radius 1 is 0.852 bits per heavy atom. The second-order valence-corrected chi connectivity index (χ2v) is 7.01. The van der Waals surface area contributed by atoms with Gasteiger partial charge in [-0.15, -0.1) is 0 Å². The van der Waals surface area contributed by atoms with Crippen LogP contribution in [-0.2, 0) is 11.2 Å². The summed E-state index contributed by atoms with van der Waals surface area (Å²) >= 11 is 0. The largest absolute Gasteiger partial charge is 0.310 e. The van der Waals surface area contributed by atoms with E-state index >= 15 is 0 Å². The van der Waals surface area contributed by atoms with Crippen LogP contribution in [0.15, 0.2) is 84.9 Å². The molecule has 0 radical (unpaired) electrons. The number of nitrogens with one attached hydrogen (secondary N) is 1. The standard InChI is InChI=1S/C24H24N2O/c1-18(24(27)26-17-16-19-10-8-9-15-22(19)26)25-23(20-11-4-2-5-12-20)21-13-6-3-7-14-21/h2-15,18,23,25H,16-17H2,1H3. The molecule has 3 aromatic carbocycles. The average molecular weight is 356 g/mol. The van der Waals surface area contributed by atoms with Gasteiger partial charge in [0.2, 0.25) is 5.91 Å². The maximum Gasteiger partial charge on any atom is 0.243 e. The molecule has 1 unspecified atom stereocenters. The summed E-state index contributed by atoms with van der Waals surface area (Å²) in [6.07, 6.45) is 0.926. The van der Waals surface area contributed by atoms with Gasteiger partial charge in [-0.2, -0.15) is 0 Å². The first-order chi connectivity index (χ1) is 13.2. The van der Waals surface area contributed by atoms with Gasteiger partial charge < -0.3 is 4.90 Å². The molecule has 136 valence electrons. The van der Waals surface area contributed by atoms with Crippen molar-refractivity contribution in [1.82, 2.24) is 5.32 Å². The van der Waals surface area contributed by atoms with Gasteiger partial charge in [-0.25, -0.2) is 0 Å².